The molecule has 5 nitrogen and oxygen atoms in total. The van der Waals surface area contributed by atoms with Crippen molar-refractivity contribution in [2.24, 2.45) is 7.05 Å². The van der Waals surface area contributed by atoms with E-state index in [4.69, 9.17) is 23.2 Å². The first-order chi connectivity index (χ1) is 14.8. The molecule has 0 fully saturated rings. The summed E-state index contributed by atoms with van der Waals surface area (Å²) in [6.07, 6.45) is 2.22. The predicted octanol–water partition coefficient (Wildman–Crippen LogP) is 4.99. The van der Waals surface area contributed by atoms with Crippen molar-refractivity contribution in [1.82, 2.24) is 9.88 Å². The monoisotopic (exact) mass is 458 g/mol. The number of hydrogen-bond donors (Lipinski definition) is 2. The molecule has 0 aliphatic rings. The molecule has 3 aromatic rings. The predicted molar refractivity (Wildman–Crippen MR) is 125 cm³/mol. The van der Waals surface area contributed by atoms with Gasteiger partial charge in [0.25, 0.3) is 11.5 Å². The molecule has 0 spiro atoms. The molecule has 0 saturated heterocycles. The zero-order valence-corrected chi connectivity index (χ0v) is 18.9. The van der Waals surface area contributed by atoms with Crippen molar-refractivity contribution in [2.45, 2.75) is 26.2 Å². The van der Waals surface area contributed by atoms with Gasteiger partial charge in [-0.15, -0.1) is 0 Å². The number of aryl methyl sites for hydroxylation is 2. The topological polar surface area (TPSA) is 71.3 Å². The van der Waals surface area contributed by atoms with Crippen LogP contribution in [0.4, 0.5) is 0 Å². The molecule has 1 amide bonds. The van der Waals surface area contributed by atoms with Gasteiger partial charge in [0.1, 0.15) is 0 Å². The molecule has 3 rings (SSSR count). The average Bonchev–Trinajstić information content (AvgIpc) is 2.77. The molecular formula is C24H24Cl2N2O3. The third-order valence-electron chi connectivity index (χ3n) is 5.19. The number of rotatable bonds is 7. The summed E-state index contributed by atoms with van der Waals surface area (Å²) in [6.45, 7) is 2.43. The van der Waals surface area contributed by atoms with E-state index >= 15 is 0 Å². The Hall–Kier alpha value is -2.76. The Labute approximate surface area is 191 Å². The van der Waals surface area contributed by atoms with Crippen LogP contribution in [0.25, 0.3) is 11.3 Å². The summed E-state index contributed by atoms with van der Waals surface area (Å²) in [5.41, 5.74) is 2.87. The van der Waals surface area contributed by atoms with Gasteiger partial charge >= 0.3 is 0 Å². The standard InChI is InChI=1S/C24H24Cl2N2O3/c1-3-15-6-4-8-17(12-15)21-14-18(22(29)24(31)28(21)2)23(30)27-11-5-7-16-9-10-19(25)20(26)13-16/h4,6,8-10,12-14,29H,3,5,7,11H2,1-2H3,(H,27,30). The van der Waals surface area contributed by atoms with Crippen LogP contribution in [-0.2, 0) is 19.9 Å². The van der Waals surface area contributed by atoms with E-state index in [-0.39, 0.29) is 5.56 Å². The molecule has 0 bridgehead atoms. The Kier molecular flexibility index (Phi) is 7.42. The van der Waals surface area contributed by atoms with Gasteiger partial charge in [0.15, 0.2) is 5.75 Å². The third kappa shape index (κ3) is 5.30. The molecule has 1 aromatic heterocycles. The van der Waals surface area contributed by atoms with Crippen LogP contribution in [0.15, 0.2) is 53.3 Å². The highest BCUT2D eigenvalue weighted by atomic mass is 35.5. The molecule has 2 N–H and O–H groups in total. The van der Waals surface area contributed by atoms with Gasteiger partial charge in [-0.2, -0.15) is 0 Å². The van der Waals surface area contributed by atoms with Gasteiger partial charge in [-0.1, -0.05) is 54.4 Å². The number of aromatic nitrogens is 1. The highest BCUT2D eigenvalue weighted by Crippen LogP contribution is 2.24. The Morgan fingerprint density at radius 3 is 2.55 bits per heavy atom. The van der Waals surface area contributed by atoms with Crippen molar-refractivity contribution in [3.63, 3.8) is 0 Å². The second kappa shape index (κ2) is 10.0. The van der Waals surface area contributed by atoms with E-state index in [0.29, 0.717) is 35.1 Å². The lowest BCUT2D eigenvalue weighted by Crippen LogP contribution is -2.28. The Bertz CT molecular complexity index is 1170. The highest BCUT2D eigenvalue weighted by molar-refractivity contribution is 6.42. The van der Waals surface area contributed by atoms with Gasteiger partial charge in [0, 0.05) is 13.6 Å². The fourth-order valence-electron chi connectivity index (χ4n) is 3.37. The van der Waals surface area contributed by atoms with E-state index in [1.165, 1.54) is 4.57 Å². The lowest BCUT2D eigenvalue weighted by molar-refractivity contribution is 0.0950. The molecule has 1 heterocycles. The maximum atomic E-state index is 12.7. The number of carbonyl (C=O) groups is 1. The molecular weight excluding hydrogens is 435 g/mol. The summed E-state index contributed by atoms with van der Waals surface area (Å²) in [6, 6.07) is 14.8. The molecule has 162 valence electrons. The number of hydrogen-bond acceptors (Lipinski definition) is 3. The minimum atomic E-state index is -0.611. The maximum absolute atomic E-state index is 12.7. The smallest absolute Gasteiger partial charge is 0.293 e. The number of halogens is 2. The van der Waals surface area contributed by atoms with Crippen LogP contribution in [0, 0.1) is 0 Å². The summed E-state index contributed by atoms with van der Waals surface area (Å²) in [5, 5.41) is 14.1. The van der Waals surface area contributed by atoms with Crippen LogP contribution < -0.4 is 10.9 Å². The van der Waals surface area contributed by atoms with E-state index in [1.807, 2.05) is 37.3 Å². The van der Waals surface area contributed by atoms with E-state index in [9.17, 15) is 14.7 Å². The van der Waals surface area contributed by atoms with E-state index in [1.54, 1.807) is 25.2 Å². The van der Waals surface area contributed by atoms with Crippen molar-refractivity contribution >= 4 is 29.1 Å². The SMILES string of the molecule is CCc1cccc(-c2cc(C(=O)NCCCc3ccc(Cl)c(Cl)c3)c(O)c(=O)n2C)c1. The summed E-state index contributed by atoms with van der Waals surface area (Å²) >= 11 is 11.9. The third-order valence-corrected chi connectivity index (χ3v) is 5.93. The first-order valence-corrected chi connectivity index (χ1v) is 10.8. The maximum Gasteiger partial charge on any atom is 0.293 e. The number of amides is 1. The summed E-state index contributed by atoms with van der Waals surface area (Å²) in [4.78, 5) is 25.2. The molecule has 0 unspecified atom stereocenters. The largest absolute Gasteiger partial charge is 0.502 e. The van der Waals surface area contributed by atoms with Crippen molar-refractivity contribution in [2.75, 3.05) is 6.54 Å². The molecule has 0 saturated carbocycles. The van der Waals surface area contributed by atoms with Crippen LogP contribution in [0.1, 0.15) is 34.8 Å². The summed E-state index contributed by atoms with van der Waals surface area (Å²) in [7, 11) is 1.58. The van der Waals surface area contributed by atoms with Gasteiger partial charge in [0.2, 0.25) is 0 Å². The molecule has 31 heavy (non-hydrogen) atoms. The lowest BCUT2D eigenvalue weighted by Gasteiger charge is -2.13. The van der Waals surface area contributed by atoms with E-state index < -0.39 is 17.2 Å². The van der Waals surface area contributed by atoms with Crippen LogP contribution in [0.2, 0.25) is 10.0 Å². The summed E-state index contributed by atoms with van der Waals surface area (Å²) in [5.74, 6) is -1.04. The van der Waals surface area contributed by atoms with Crippen LogP contribution in [0.3, 0.4) is 0 Å². The molecule has 0 radical (unpaired) electrons. The lowest BCUT2D eigenvalue weighted by atomic mass is 10.0. The Balaban J connectivity index is 1.75. The van der Waals surface area contributed by atoms with Crippen LogP contribution in [0.5, 0.6) is 5.75 Å². The normalized spacial score (nSPS) is 10.8. The number of nitrogens with zero attached hydrogens (tertiary/aromatic N) is 1. The Morgan fingerprint density at radius 1 is 1.06 bits per heavy atom. The number of nitrogens with one attached hydrogen (secondary N) is 1. The fourth-order valence-corrected chi connectivity index (χ4v) is 3.69. The molecule has 2 aromatic carbocycles. The number of carbonyl (C=O) groups excluding carboxylic acids is 1. The van der Waals surface area contributed by atoms with Gasteiger partial charge in [-0.3, -0.25) is 9.59 Å². The van der Waals surface area contributed by atoms with E-state index in [0.717, 1.165) is 23.1 Å². The molecule has 7 heteroatoms. The fraction of sp³-hybridized carbons (Fsp3) is 0.250. The van der Waals surface area contributed by atoms with Gasteiger partial charge in [0.05, 0.1) is 21.3 Å². The van der Waals surface area contributed by atoms with Crippen molar-refractivity contribution < 1.29 is 9.90 Å². The average molecular weight is 459 g/mol. The zero-order valence-electron chi connectivity index (χ0n) is 17.4. The first kappa shape index (κ1) is 22.9. The highest BCUT2D eigenvalue weighted by Gasteiger charge is 2.18. The first-order valence-electron chi connectivity index (χ1n) is 10.1. The minimum Gasteiger partial charge on any atom is -0.502 e. The minimum absolute atomic E-state index is 0.0328. The van der Waals surface area contributed by atoms with Crippen LogP contribution in [-0.4, -0.2) is 22.1 Å². The van der Waals surface area contributed by atoms with Crippen LogP contribution >= 0.6 is 23.2 Å². The number of pyridine rings is 1. The zero-order chi connectivity index (χ0) is 22.5. The van der Waals surface area contributed by atoms with E-state index in [2.05, 4.69) is 5.32 Å². The second-order valence-electron chi connectivity index (χ2n) is 7.32. The van der Waals surface area contributed by atoms with Crippen molar-refractivity contribution in [1.29, 1.82) is 0 Å². The van der Waals surface area contributed by atoms with Gasteiger partial charge < -0.3 is 15.0 Å². The Morgan fingerprint density at radius 2 is 1.84 bits per heavy atom. The second-order valence-corrected chi connectivity index (χ2v) is 8.13. The number of aromatic hydroxyl groups is 1. The van der Waals surface area contributed by atoms with Gasteiger partial charge in [-0.05, 0) is 60.2 Å². The van der Waals surface area contributed by atoms with Crippen molar-refractivity contribution in [3.05, 3.63) is 85.6 Å². The quantitative estimate of drug-likeness (QED) is 0.489. The number of benzene rings is 2. The van der Waals surface area contributed by atoms with Crippen molar-refractivity contribution in [3.8, 4) is 17.0 Å². The molecule has 0 atom stereocenters. The summed E-state index contributed by atoms with van der Waals surface area (Å²) < 4.78 is 1.35. The molecule has 0 aliphatic heterocycles. The molecule has 0 aliphatic carbocycles. The van der Waals surface area contributed by atoms with Gasteiger partial charge in [-0.25, -0.2) is 0 Å².